The van der Waals surface area contributed by atoms with Crippen LogP contribution >= 0.6 is 11.8 Å². The van der Waals surface area contributed by atoms with Crippen molar-refractivity contribution in [2.75, 3.05) is 38.2 Å². The van der Waals surface area contributed by atoms with Crippen LogP contribution in [0.2, 0.25) is 0 Å². The largest absolute Gasteiger partial charge is 0.496 e. The van der Waals surface area contributed by atoms with Gasteiger partial charge in [-0.15, -0.1) is 0 Å². The third-order valence-corrected chi connectivity index (χ3v) is 7.99. The summed E-state index contributed by atoms with van der Waals surface area (Å²) in [6.45, 7) is 4.30. The molecule has 0 aromatic heterocycles. The van der Waals surface area contributed by atoms with Crippen LogP contribution in [0.5, 0.6) is 5.75 Å². The number of benzene rings is 3. The first-order valence-electron chi connectivity index (χ1n) is 11.6. The molecule has 0 N–H and O–H groups in total. The molecule has 3 nitrogen and oxygen atoms in total. The first-order valence-corrected chi connectivity index (χ1v) is 12.8. The quantitative estimate of drug-likeness (QED) is 0.524. The minimum Gasteiger partial charge on any atom is -0.496 e. The summed E-state index contributed by atoms with van der Waals surface area (Å²) in [4.78, 5) is 5.48. The van der Waals surface area contributed by atoms with Crippen LogP contribution in [0.25, 0.3) is 0 Å². The maximum absolute atomic E-state index is 5.67. The second kappa shape index (κ2) is 10.1. The molecule has 2 atom stereocenters. The molecule has 0 saturated carbocycles. The van der Waals surface area contributed by atoms with Gasteiger partial charge < -0.3 is 4.74 Å². The predicted molar refractivity (Wildman–Crippen MR) is 135 cm³/mol. The zero-order valence-corrected chi connectivity index (χ0v) is 19.6. The van der Waals surface area contributed by atoms with E-state index in [9.17, 15) is 0 Å². The Morgan fingerprint density at radius 1 is 0.875 bits per heavy atom. The van der Waals surface area contributed by atoms with E-state index < -0.39 is 0 Å². The molecule has 2 heterocycles. The van der Waals surface area contributed by atoms with Crippen molar-refractivity contribution in [3.05, 3.63) is 102 Å². The van der Waals surface area contributed by atoms with Gasteiger partial charge in [-0.25, -0.2) is 0 Å². The van der Waals surface area contributed by atoms with Crippen LogP contribution in [-0.2, 0) is 6.54 Å². The topological polar surface area (TPSA) is 15.7 Å². The molecule has 32 heavy (non-hydrogen) atoms. The molecule has 0 spiro atoms. The lowest BCUT2D eigenvalue weighted by Gasteiger charge is -2.51. The minimum atomic E-state index is 0.364. The standard InChI is InChI=1S/C28H32N2OS/c1-31-27-15-9-8-14-24(27)18-29-19-25-21-32-17-16-30(25)26(20-29)28(22-10-4-2-5-11-22)23-12-6-3-7-13-23/h2-15,25-26,28H,16-21H2,1H3/t25-,26+/m1/s1. The summed E-state index contributed by atoms with van der Waals surface area (Å²) in [7, 11) is 1.78. The fourth-order valence-electron chi connectivity index (χ4n) is 5.46. The maximum Gasteiger partial charge on any atom is 0.123 e. The summed E-state index contributed by atoms with van der Waals surface area (Å²) >= 11 is 2.11. The van der Waals surface area contributed by atoms with E-state index in [0.717, 1.165) is 25.4 Å². The van der Waals surface area contributed by atoms with Crippen LogP contribution in [0, 0.1) is 0 Å². The van der Waals surface area contributed by atoms with E-state index in [0.29, 0.717) is 18.0 Å². The lowest BCUT2D eigenvalue weighted by atomic mass is 9.82. The summed E-state index contributed by atoms with van der Waals surface area (Å²) in [5, 5.41) is 0. The summed E-state index contributed by atoms with van der Waals surface area (Å²) in [6, 6.07) is 31.7. The first-order chi connectivity index (χ1) is 15.8. The van der Waals surface area contributed by atoms with Crippen molar-refractivity contribution in [1.29, 1.82) is 0 Å². The Morgan fingerprint density at radius 2 is 1.53 bits per heavy atom. The molecule has 2 aliphatic rings. The Bertz CT molecular complexity index is 957. The summed E-state index contributed by atoms with van der Waals surface area (Å²) in [5.41, 5.74) is 4.11. The number of ether oxygens (including phenoxy) is 1. The molecule has 5 rings (SSSR count). The van der Waals surface area contributed by atoms with Gasteiger partial charge in [0.2, 0.25) is 0 Å². The Hall–Kier alpha value is -2.27. The number of hydrogen-bond donors (Lipinski definition) is 0. The molecule has 2 aliphatic heterocycles. The van der Waals surface area contributed by atoms with E-state index in [1.54, 1.807) is 7.11 Å². The van der Waals surface area contributed by atoms with E-state index in [2.05, 4.69) is 106 Å². The Balaban J connectivity index is 1.50. The molecular weight excluding hydrogens is 412 g/mol. The molecule has 0 amide bonds. The SMILES string of the molecule is COc1ccccc1CN1C[C@@H]2CSCCN2[C@H](C(c2ccccc2)c2ccccc2)C1. The predicted octanol–water partition coefficient (Wildman–Crippen LogP) is 5.13. The molecule has 166 valence electrons. The molecule has 2 saturated heterocycles. The van der Waals surface area contributed by atoms with Crippen LogP contribution in [-0.4, -0.2) is 60.1 Å². The van der Waals surface area contributed by atoms with E-state index in [4.69, 9.17) is 4.74 Å². The molecule has 2 fully saturated rings. The van der Waals surface area contributed by atoms with Crippen molar-refractivity contribution in [2.45, 2.75) is 24.5 Å². The Morgan fingerprint density at radius 3 is 2.22 bits per heavy atom. The van der Waals surface area contributed by atoms with Crippen molar-refractivity contribution in [2.24, 2.45) is 0 Å². The van der Waals surface area contributed by atoms with Crippen LogP contribution in [0.1, 0.15) is 22.6 Å². The fourth-order valence-corrected chi connectivity index (χ4v) is 6.54. The molecule has 0 unspecified atom stereocenters. The van der Waals surface area contributed by atoms with E-state index in [-0.39, 0.29) is 0 Å². The lowest BCUT2D eigenvalue weighted by Crippen LogP contribution is -2.62. The third kappa shape index (κ3) is 4.59. The number of rotatable bonds is 6. The van der Waals surface area contributed by atoms with Crippen molar-refractivity contribution in [1.82, 2.24) is 9.80 Å². The third-order valence-electron chi connectivity index (χ3n) is 6.90. The first kappa shape index (κ1) is 21.6. The van der Waals surface area contributed by atoms with Gasteiger partial charge >= 0.3 is 0 Å². The Kier molecular flexibility index (Phi) is 6.82. The van der Waals surface area contributed by atoms with Gasteiger partial charge in [0, 0.05) is 61.2 Å². The number of thioether (sulfide) groups is 1. The van der Waals surface area contributed by atoms with Crippen LogP contribution in [0.3, 0.4) is 0 Å². The van der Waals surface area contributed by atoms with Crippen molar-refractivity contribution < 1.29 is 4.74 Å². The summed E-state index contributed by atoms with van der Waals surface area (Å²) in [5.74, 6) is 3.81. The molecule has 0 bridgehead atoms. The summed E-state index contributed by atoms with van der Waals surface area (Å²) in [6.07, 6.45) is 0. The second-order valence-corrected chi connectivity index (χ2v) is 9.99. The molecule has 3 aromatic carbocycles. The van der Waals surface area contributed by atoms with Gasteiger partial charge in [0.15, 0.2) is 0 Å². The number of methoxy groups -OCH3 is 1. The van der Waals surface area contributed by atoms with Crippen molar-refractivity contribution >= 4 is 11.8 Å². The highest BCUT2D eigenvalue weighted by molar-refractivity contribution is 7.99. The van der Waals surface area contributed by atoms with E-state index in [1.807, 2.05) is 0 Å². The van der Waals surface area contributed by atoms with Gasteiger partial charge in [0.1, 0.15) is 5.75 Å². The van der Waals surface area contributed by atoms with Crippen molar-refractivity contribution in [3.8, 4) is 5.75 Å². The lowest BCUT2D eigenvalue weighted by molar-refractivity contribution is 0.0232. The number of hydrogen-bond acceptors (Lipinski definition) is 4. The number of piperazine rings is 1. The number of fused-ring (bicyclic) bond motifs is 1. The van der Waals surface area contributed by atoms with E-state index >= 15 is 0 Å². The average molecular weight is 445 g/mol. The maximum atomic E-state index is 5.67. The highest BCUT2D eigenvalue weighted by atomic mass is 32.2. The number of nitrogens with zero attached hydrogens (tertiary/aromatic N) is 2. The normalized spacial score (nSPS) is 21.9. The monoisotopic (exact) mass is 444 g/mol. The van der Waals surface area contributed by atoms with Gasteiger partial charge in [-0.3, -0.25) is 9.80 Å². The minimum absolute atomic E-state index is 0.364. The van der Waals surface area contributed by atoms with Gasteiger partial charge in [-0.1, -0.05) is 78.9 Å². The van der Waals surface area contributed by atoms with Crippen LogP contribution < -0.4 is 4.74 Å². The average Bonchev–Trinajstić information content (AvgIpc) is 2.86. The molecule has 0 aliphatic carbocycles. The summed E-state index contributed by atoms with van der Waals surface area (Å²) < 4.78 is 5.67. The van der Waals surface area contributed by atoms with Crippen molar-refractivity contribution in [3.63, 3.8) is 0 Å². The highest BCUT2D eigenvalue weighted by Gasteiger charge is 2.40. The second-order valence-electron chi connectivity index (χ2n) is 8.84. The Labute approximate surface area is 196 Å². The van der Waals surface area contributed by atoms with Gasteiger partial charge in [-0.05, 0) is 17.2 Å². The fraction of sp³-hybridized carbons (Fsp3) is 0.357. The van der Waals surface area contributed by atoms with Gasteiger partial charge in [0.25, 0.3) is 0 Å². The van der Waals surface area contributed by atoms with Crippen LogP contribution in [0.15, 0.2) is 84.9 Å². The van der Waals surface area contributed by atoms with Gasteiger partial charge in [-0.2, -0.15) is 11.8 Å². The molecule has 3 aromatic rings. The van der Waals surface area contributed by atoms with Gasteiger partial charge in [0.05, 0.1) is 7.11 Å². The smallest absolute Gasteiger partial charge is 0.123 e. The molecule has 0 radical (unpaired) electrons. The zero-order chi connectivity index (χ0) is 21.8. The molecule has 4 heteroatoms. The van der Waals surface area contributed by atoms with Crippen LogP contribution in [0.4, 0.5) is 0 Å². The highest BCUT2D eigenvalue weighted by Crippen LogP contribution is 2.37. The van der Waals surface area contributed by atoms with E-state index in [1.165, 1.54) is 34.7 Å². The molecular formula is C28H32N2OS. The zero-order valence-electron chi connectivity index (χ0n) is 18.8. The number of para-hydroxylation sites is 1.